The molecule has 1 N–H and O–H groups in total. The molecule has 2 rings (SSSR count). The summed E-state index contributed by atoms with van der Waals surface area (Å²) < 4.78 is 6.45. The first-order chi connectivity index (χ1) is 8.66. The van der Waals surface area contributed by atoms with Gasteiger partial charge in [0.1, 0.15) is 0 Å². The SMILES string of the molecule is CC1OCCC1N(C)CCNCc1ccc(Cl)s1. The Bertz CT molecular complexity index is 372. The van der Waals surface area contributed by atoms with Gasteiger partial charge in [-0.1, -0.05) is 11.6 Å². The van der Waals surface area contributed by atoms with Crippen molar-refractivity contribution in [1.29, 1.82) is 0 Å². The zero-order valence-electron chi connectivity index (χ0n) is 11.0. The van der Waals surface area contributed by atoms with Gasteiger partial charge in [-0.15, -0.1) is 11.3 Å². The summed E-state index contributed by atoms with van der Waals surface area (Å²) in [6.07, 6.45) is 1.52. The minimum absolute atomic E-state index is 0.367. The molecule has 18 heavy (non-hydrogen) atoms. The topological polar surface area (TPSA) is 24.5 Å². The Kier molecular flexibility index (Phi) is 5.45. The molecule has 102 valence electrons. The highest BCUT2D eigenvalue weighted by Crippen LogP contribution is 2.21. The Balaban J connectivity index is 1.63. The van der Waals surface area contributed by atoms with Gasteiger partial charge in [-0.05, 0) is 32.5 Å². The predicted octanol–water partition coefficient (Wildman–Crippen LogP) is 2.60. The smallest absolute Gasteiger partial charge is 0.0931 e. The van der Waals surface area contributed by atoms with Crippen molar-refractivity contribution in [3.05, 3.63) is 21.3 Å². The second-order valence-electron chi connectivity index (χ2n) is 4.80. The van der Waals surface area contributed by atoms with E-state index in [4.69, 9.17) is 16.3 Å². The second kappa shape index (κ2) is 6.87. The Morgan fingerprint density at radius 1 is 1.56 bits per heavy atom. The molecule has 2 atom stereocenters. The van der Waals surface area contributed by atoms with Crippen molar-refractivity contribution in [1.82, 2.24) is 10.2 Å². The zero-order valence-corrected chi connectivity index (χ0v) is 12.6. The Morgan fingerprint density at radius 2 is 2.39 bits per heavy atom. The van der Waals surface area contributed by atoms with Crippen LogP contribution in [0.4, 0.5) is 0 Å². The number of rotatable bonds is 6. The first-order valence-corrected chi connectivity index (χ1v) is 7.63. The summed E-state index contributed by atoms with van der Waals surface area (Å²) in [5.74, 6) is 0. The average molecular weight is 289 g/mol. The van der Waals surface area contributed by atoms with Gasteiger partial charge in [-0.25, -0.2) is 0 Å². The monoisotopic (exact) mass is 288 g/mol. The maximum absolute atomic E-state index is 5.89. The van der Waals surface area contributed by atoms with E-state index in [0.717, 1.165) is 37.0 Å². The first-order valence-electron chi connectivity index (χ1n) is 6.43. The van der Waals surface area contributed by atoms with E-state index in [2.05, 4.69) is 30.3 Å². The lowest BCUT2D eigenvalue weighted by Crippen LogP contribution is -2.40. The highest BCUT2D eigenvalue weighted by molar-refractivity contribution is 7.16. The van der Waals surface area contributed by atoms with Crippen LogP contribution in [-0.4, -0.2) is 43.8 Å². The van der Waals surface area contributed by atoms with Gasteiger partial charge in [0.05, 0.1) is 10.4 Å². The molecule has 0 spiro atoms. The minimum atomic E-state index is 0.367. The van der Waals surface area contributed by atoms with E-state index in [9.17, 15) is 0 Å². The van der Waals surface area contributed by atoms with Gasteiger partial charge in [0.25, 0.3) is 0 Å². The Hall–Kier alpha value is -0.130. The van der Waals surface area contributed by atoms with Crippen LogP contribution >= 0.6 is 22.9 Å². The van der Waals surface area contributed by atoms with Crippen LogP contribution < -0.4 is 5.32 Å². The fourth-order valence-electron chi connectivity index (χ4n) is 2.38. The lowest BCUT2D eigenvalue weighted by molar-refractivity contribution is 0.0840. The standard InChI is InChI=1S/C13H21ClN2OS/c1-10-12(5-8-17-10)16(2)7-6-15-9-11-3-4-13(14)18-11/h3-4,10,12,15H,5-9H2,1-2H3. The van der Waals surface area contributed by atoms with Crippen molar-refractivity contribution < 1.29 is 4.74 Å². The van der Waals surface area contributed by atoms with Gasteiger partial charge in [0.15, 0.2) is 0 Å². The molecule has 1 aliphatic rings. The van der Waals surface area contributed by atoms with E-state index >= 15 is 0 Å². The normalized spacial score (nSPS) is 24.0. The number of hydrogen-bond donors (Lipinski definition) is 1. The second-order valence-corrected chi connectivity index (χ2v) is 6.59. The van der Waals surface area contributed by atoms with Crippen molar-refractivity contribution in [2.45, 2.75) is 32.0 Å². The van der Waals surface area contributed by atoms with Gasteiger partial charge in [-0.3, -0.25) is 4.90 Å². The van der Waals surface area contributed by atoms with Crippen molar-refractivity contribution in [2.24, 2.45) is 0 Å². The fourth-order valence-corrected chi connectivity index (χ4v) is 3.44. The summed E-state index contributed by atoms with van der Waals surface area (Å²) in [6.45, 7) is 6.02. The molecule has 3 nitrogen and oxygen atoms in total. The highest BCUT2D eigenvalue weighted by Gasteiger charge is 2.27. The average Bonchev–Trinajstić information content (AvgIpc) is 2.93. The van der Waals surface area contributed by atoms with Crippen LogP contribution in [-0.2, 0) is 11.3 Å². The van der Waals surface area contributed by atoms with Gasteiger partial charge in [0.2, 0.25) is 0 Å². The van der Waals surface area contributed by atoms with Crippen LogP contribution in [0.25, 0.3) is 0 Å². The minimum Gasteiger partial charge on any atom is -0.377 e. The molecule has 0 bridgehead atoms. The molecule has 0 saturated carbocycles. The first kappa shape index (κ1) is 14.3. The summed E-state index contributed by atoms with van der Waals surface area (Å²) in [4.78, 5) is 3.69. The summed E-state index contributed by atoms with van der Waals surface area (Å²) >= 11 is 7.54. The maximum atomic E-state index is 5.89. The summed E-state index contributed by atoms with van der Waals surface area (Å²) in [5.41, 5.74) is 0. The number of halogens is 1. The number of nitrogens with zero attached hydrogens (tertiary/aromatic N) is 1. The molecule has 1 aromatic heterocycles. The van der Waals surface area contributed by atoms with Crippen LogP contribution in [0, 0.1) is 0 Å². The quantitative estimate of drug-likeness (QED) is 0.815. The van der Waals surface area contributed by atoms with Crippen molar-refractivity contribution in [3.8, 4) is 0 Å². The lowest BCUT2D eigenvalue weighted by Gasteiger charge is -2.26. The molecule has 2 heterocycles. The van der Waals surface area contributed by atoms with Gasteiger partial charge < -0.3 is 10.1 Å². The van der Waals surface area contributed by atoms with Crippen LogP contribution in [0.3, 0.4) is 0 Å². The number of likely N-dealkylation sites (N-methyl/N-ethyl adjacent to an activating group) is 1. The number of ether oxygens (including phenoxy) is 1. The van der Waals surface area contributed by atoms with Gasteiger partial charge in [-0.2, -0.15) is 0 Å². The van der Waals surface area contributed by atoms with Gasteiger partial charge in [0, 0.05) is 37.2 Å². The number of thiophene rings is 1. The van der Waals surface area contributed by atoms with E-state index < -0.39 is 0 Å². The molecule has 0 aromatic carbocycles. The molecule has 0 aliphatic carbocycles. The fraction of sp³-hybridized carbons (Fsp3) is 0.692. The third-order valence-corrected chi connectivity index (χ3v) is 4.70. The van der Waals surface area contributed by atoms with E-state index in [1.807, 2.05) is 6.07 Å². The van der Waals surface area contributed by atoms with Crippen LogP contribution in [0.1, 0.15) is 18.2 Å². The van der Waals surface area contributed by atoms with Crippen LogP contribution in [0.5, 0.6) is 0 Å². The number of hydrogen-bond acceptors (Lipinski definition) is 4. The van der Waals surface area contributed by atoms with E-state index in [1.165, 1.54) is 4.88 Å². The molecule has 2 unspecified atom stereocenters. The van der Waals surface area contributed by atoms with Crippen molar-refractivity contribution >= 4 is 22.9 Å². The van der Waals surface area contributed by atoms with Crippen molar-refractivity contribution in [2.75, 3.05) is 26.7 Å². The maximum Gasteiger partial charge on any atom is 0.0931 e. The van der Waals surface area contributed by atoms with Gasteiger partial charge >= 0.3 is 0 Å². The molecule has 1 saturated heterocycles. The molecule has 0 radical (unpaired) electrons. The zero-order chi connectivity index (χ0) is 13.0. The third-order valence-electron chi connectivity index (χ3n) is 3.47. The molecule has 5 heteroatoms. The summed E-state index contributed by atoms with van der Waals surface area (Å²) in [7, 11) is 2.18. The highest BCUT2D eigenvalue weighted by atomic mass is 35.5. The summed E-state index contributed by atoms with van der Waals surface area (Å²) in [5, 5.41) is 3.45. The summed E-state index contributed by atoms with van der Waals surface area (Å²) in [6, 6.07) is 4.60. The molecule has 0 amide bonds. The van der Waals surface area contributed by atoms with E-state index in [1.54, 1.807) is 11.3 Å². The van der Waals surface area contributed by atoms with Crippen LogP contribution in [0.2, 0.25) is 4.34 Å². The van der Waals surface area contributed by atoms with E-state index in [0.29, 0.717) is 12.1 Å². The molecular formula is C13H21ClN2OS. The largest absolute Gasteiger partial charge is 0.377 e. The van der Waals surface area contributed by atoms with Crippen LogP contribution in [0.15, 0.2) is 12.1 Å². The molecular weight excluding hydrogens is 268 g/mol. The Morgan fingerprint density at radius 3 is 3.00 bits per heavy atom. The molecule has 1 aromatic rings. The molecule has 1 fully saturated rings. The van der Waals surface area contributed by atoms with Crippen molar-refractivity contribution in [3.63, 3.8) is 0 Å². The predicted molar refractivity (Wildman–Crippen MR) is 77.5 cm³/mol. The third kappa shape index (κ3) is 3.93. The lowest BCUT2D eigenvalue weighted by atomic mass is 10.1. The molecule has 1 aliphatic heterocycles. The van der Waals surface area contributed by atoms with E-state index in [-0.39, 0.29) is 0 Å². The Labute approximate surface area is 118 Å². The number of nitrogens with one attached hydrogen (secondary N) is 1.